The molecule has 0 aromatic carbocycles. The van der Waals surface area contributed by atoms with Crippen LogP contribution >= 0.6 is 0 Å². The Bertz CT molecular complexity index is 971. The summed E-state index contributed by atoms with van der Waals surface area (Å²) < 4.78 is 2.05. The van der Waals surface area contributed by atoms with Crippen molar-refractivity contribution in [3.8, 4) is 0 Å². The Kier molecular flexibility index (Phi) is 4.69. The lowest BCUT2D eigenvalue weighted by atomic mass is 9.84. The number of aromatic amines is 1. The van der Waals surface area contributed by atoms with Gasteiger partial charge in [0.1, 0.15) is 0 Å². The van der Waals surface area contributed by atoms with E-state index in [4.69, 9.17) is 0 Å². The minimum Gasteiger partial charge on any atom is -0.329 e. The van der Waals surface area contributed by atoms with E-state index in [1.54, 1.807) is 12.3 Å². The highest BCUT2D eigenvalue weighted by molar-refractivity contribution is 5.23. The van der Waals surface area contributed by atoms with Gasteiger partial charge in [-0.05, 0) is 68.4 Å². The van der Waals surface area contributed by atoms with Crippen molar-refractivity contribution in [2.45, 2.75) is 44.2 Å². The predicted molar refractivity (Wildman–Crippen MR) is 109 cm³/mol. The molecule has 6 nitrogen and oxygen atoms in total. The molecule has 3 aliphatic heterocycles. The average molecular weight is 380 g/mol. The van der Waals surface area contributed by atoms with Crippen molar-refractivity contribution in [1.29, 1.82) is 0 Å². The molecule has 2 bridgehead atoms. The van der Waals surface area contributed by atoms with E-state index in [9.17, 15) is 9.59 Å². The fourth-order valence-electron chi connectivity index (χ4n) is 5.34. The van der Waals surface area contributed by atoms with Crippen LogP contribution in [-0.4, -0.2) is 40.6 Å². The molecule has 2 N–H and O–H groups in total. The van der Waals surface area contributed by atoms with E-state index < -0.39 is 0 Å². The van der Waals surface area contributed by atoms with Gasteiger partial charge in [0.15, 0.2) is 0 Å². The number of rotatable bonds is 3. The summed E-state index contributed by atoms with van der Waals surface area (Å²) in [6, 6.07) is 7.99. The molecule has 0 saturated carbocycles. The second-order valence-electron chi connectivity index (χ2n) is 8.69. The molecular weight excluding hydrogens is 352 g/mol. The molecule has 3 aliphatic rings. The van der Waals surface area contributed by atoms with Crippen LogP contribution in [-0.2, 0) is 13.1 Å². The summed E-state index contributed by atoms with van der Waals surface area (Å²) in [4.78, 5) is 29.8. The summed E-state index contributed by atoms with van der Waals surface area (Å²) in [6.07, 6.45) is 5.02. The fraction of sp³-hybridized carbons (Fsp3) is 0.545. The zero-order valence-corrected chi connectivity index (χ0v) is 16.2. The van der Waals surface area contributed by atoms with Crippen LogP contribution in [0.1, 0.15) is 47.9 Å². The van der Waals surface area contributed by atoms with Gasteiger partial charge in [0.25, 0.3) is 5.56 Å². The van der Waals surface area contributed by atoms with Crippen molar-refractivity contribution in [2.24, 2.45) is 5.92 Å². The van der Waals surface area contributed by atoms with Crippen LogP contribution in [0.4, 0.5) is 0 Å². The molecule has 2 fully saturated rings. The van der Waals surface area contributed by atoms with Gasteiger partial charge in [0, 0.05) is 49.1 Å². The molecule has 0 spiro atoms. The highest BCUT2D eigenvalue weighted by Crippen LogP contribution is 2.32. The zero-order chi connectivity index (χ0) is 19.1. The summed E-state index contributed by atoms with van der Waals surface area (Å²) in [5.41, 5.74) is 3.46. The first-order valence-electron chi connectivity index (χ1n) is 10.5. The number of hydrogen-bond acceptors (Lipinski definition) is 4. The molecule has 0 unspecified atom stereocenters. The molecule has 2 aromatic rings. The number of likely N-dealkylation sites (tertiary alicyclic amines) is 1. The monoisotopic (exact) mass is 380 g/mol. The summed E-state index contributed by atoms with van der Waals surface area (Å²) in [5, 5.41) is 3.50. The van der Waals surface area contributed by atoms with E-state index >= 15 is 0 Å². The van der Waals surface area contributed by atoms with Crippen molar-refractivity contribution >= 4 is 0 Å². The number of nitrogens with one attached hydrogen (secondary N) is 2. The third-order valence-electron chi connectivity index (χ3n) is 6.84. The van der Waals surface area contributed by atoms with E-state index in [0.717, 1.165) is 63.2 Å². The van der Waals surface area contributed by atoms with Gasteiger partial charge >= 0.3 is 0 Å². The average Bonchev–Trinajstić information content (AvgIpc) is 2.71. The maximum atomic E-state index is 13.1. The summed E-state index contributed by atoms with van der Waals surface area (Å²) >= 11 is 0. The SMILES string of the molecule is O=c1cc(C2CCN(Cc3ccc4n(c3=O)C[C@@H]3CNC[C@H]4C3)CC2)cc[nH]1. The Morgan fingerprint density at radius 2 is 1.89 bits per heavy atom. The van der Waals surface area contributed by atoms with Crippen molar-refractivity contribution in [1.82, 2.24) is 19.8 Å². The summed E-state index contributed by atoms with van der Waals surface area (Å²) in [5.74, 6) is 1.51. The van der Waals surface area contributed by atoms with E-state index in [0.29, 0.717) is 17.8 Å². The lowest BCUT2D eigenvalue weighted by Crippen LogP contribution is -2.45. The maximum absolute atomic E-state index is 13.1. The van der Waals surface area contributed by atoms with Crippen molar-refractivity contribution in [2.75, 3.05) is 26.2 Å². The minimum atomic E-state index is -0.0259. The molecule has 2 saturated heterocycles. The molecule has 0 radical (unpaired) electrons. The summed E-state index contributed by atoms with van der Waals surface area (Å²) in [7, 11) is 0. The number of piperidine rings is 2. The molecular formula is C22H28N4O2. The molecule has 6 heteroatoms. The Morgan fingerprint density at radius 3 is 2.71 bits per heavy atom. The quantitative estimate of drug-likeness (QED) is 0.849. The van der Waals surface area contributed by atoms with Gasteiger partial charge in [0.05, 0.1) is 0 Å². The van der Waals surface area contributed by atoms with Gasteiger partial charge < -0.3 is 14.9 Å². The number of hydrogen-bond donors (Lipinski definition) is 2. The third kappa shape index (κ3) is 3.35. The van der Waals surface area contributed by atoms with Crippen LogP contribution in [0.15, 0.2) is 40.1 Å². The third-order valence-corrected chi connectivity index (χ3v) is 6.84. The van der Waals surface area contributed by atoms with Crippen LogP contribution in [0.3, 0.4) is 0 Å². The number of fused-ring (bicyclic) bond motifs is 4. The maximum Gasteiger partial charge on any atom is 0.255 e. The van der Waals surface area contributed by atoms with Crippen LogP contribution in [0.25, 0.3) is 0 Å². The van der Waals surface area contributed by atoms with Gasteiger partial charge in [-0.2, -0.15) is 0 Å². The Hall–Kier alpha value is -2.18. The smallest absolute Gasteiger partial charge is 0.255 e. The molecule has 28 heavy (non-hydrogen) atoms. The fourth-order valence-corrected chi connectivity index (χ4v) is 5.34. The van der Waals surface area contributed by atoms with E-state index in [1.807, 2.05) is 6.07 Å². The Labute approximate surface area is 164 Å². The highest BCUT2D eigenvalue weighted by Gasteiger charge is 2.31. The second kappa shape index (κ2) is 7.33. The molecule has 5 heterocycles. The number of H-pyrrole nitrogens is 1. The minimum absolute atomic E-state index is 0.0259. The highest BCUT2D eigenvalue weighted by atomic mass is 16.1. The van der Waals surface area contributed by atoms with Gasteiger partial charge in [-0.25, -0.2) is 0 Å². The summed E-state index contributed by atoms with van der Waals surface area (Å²) in [6.45, 7) is 5.54. The zero-order valence-electron chi connectivity index (χ0n) is 16.2. The lowest BCUT2D eigenvalue weighted by Gasteiger charge is -2.38. The van der Waals surface area contributed by atoms with Crippen molar-refractivity contribution in [3.05, 3.63) is 68.0 Å². The number of aromatic nitrogens is 2. The Balaban J connectivity index is 1.28. The van der Waals surface area contributed by atoms with Crippen molar-refractivity contribution < 1.29 is 0 Å². The topological polar surface area (TPSA) is 70.1 Å². The number of nitrogens with zero attached hydrogens (tertiary/aromatic N) is 2. The van der Waals surface area contributed by atoms with Gasteiger partial charge in [0.2, 0.25) is 5.56 Å². The van der Waals surface area contributed by atoms with Crippen LogP contribution < -0.4 is 16.4 Å². The van der Waals surface area contributed by atoms with E-state index in [-0.39, 0.29) is 11.1 Å². The second-order valence-corrected chi connectivity index (χ2v) is 8.69. The van der Waals surface area contributed by atoms with Crippen molar-refractivity contribution in [3.63, 3.8) is 0 Å². The normalized spacial score (nSPS) is 25.4. The molecule has 0 amide bonds. The standard InChI is InChI=1S/C22H28N4O2/c27-21-10-17(3-6-24-21)16-4-7-25(8-5-16)14-18-1-2-20-19-9-15(11-23-12-19)13-26(20)22(18)28/h1-3,6,10,15-16,19,23H,4-5,7-9,11-14H2,(H,24,27)/t15-,19+/m0/s1. The lowest BCUT2D eigenvalue weighted by molar-refractivity contribution is 0.202. The molecule has 5 rings (SSSR count). The first-order valence-corrected chi connectivity index (χ1v) is 10.5. The van der Waals surface area contributed by atoms with Gasteiger partial charge in [-0.1, -0.05) is 6.07 Å². The first-order chi connectivity index (χ1) is 13.7. The number of pyridine rings is 2. The van der Waals surface area contributed by atoms with Gasteiger partial charge in [-0.3, -0.25) is 14.5 Å². The molecule has 2 aromatic heterocycles. The van der Waals surface area contributed by atoms with E-state index in [1.165, 1.54) is 12.1 Å². The molecule has 0 aliphatic carbocycles. The van der Waals surface area contributed by atoms with Crippen LogP contribution in [0, 0.1) is 5.92 Å². The largest absolute Gasteiger partial charge is 0.329 e. The van der Waals surface area contributed by atoms with Gasteiger partial charge in [-0.15, -0.1) is 0 Å². The predicted octanol–water partition coefficient (Wildman–Crippen LogP) is 1.62. The molecule has 148 valence electrons. The van der Waals surface area contributed by atoms with E-state index in [2.05, 4.69) is 31.9 Å². The Morgan fingerprint density at radius 1 is 1.04 bits per heavy atom. The molecule has 2 atom stereocenters. The van der Waals surface area contributed by atoms with Crippen LogP contribution in [0.2, 0.25) is 0 Å². The van der Waals surface area contributed by atoms with Crippen LogP contribution in [0.5, 0.6) is 0 Å². The first kappa shape index (κ1) is 17.9.